The summed E-state index contributed by atoms with van der Waals surface area (Å²) < 4.78 is 10.2. The van der Waals surface area contributed by atoms with Crippen LogP contribution in [0.4, 0.5) is 0 Å². The van der Waals surface area contributed by atoms with Crippen molar-refractivity contribution in [1.29, 1.82) is 0 Å². The molecular formula is C17H19NO4S. The van der Waals surface area contributed by atoms with E-state index in [1.165, 1.54) is 24.6 Å². The first-order valence-corrected chi connectivity index (χ1v) is 8.14. The van der Waals surface area contributed by atoms with Crippen molar-refractivity contribution in [3.8, 4) is 5.75 Å². The molecule has 2 aromatic rings. The largest absolute Gasteiger partial charge is 0.494 e. The molecule has 0 amide bonds. The molecule has 5 nitrogen and oxygen atoms in total. The van der Waals surface area contributed by atoms with E-state index in [0.717, 1.165) is 11.3 Å². The van der Waals surface area contributed by atoms with Gasteiger partial charge in [-0.25, -0.2) is 9.78 Å². The van der Waals surface area contributed by atoms with Crippen LogP contribution in [-0.2, 0) is 16.0 Å². The Hall–Kier alpha value is -2.21. The van der Waals surface area contributed by atoms with Crippen molar-refractivity contribution >= 4 is 23.1 Å². The van der Waals surface area contributed by atoms with Crippen LogP contribution in [0.25, 0.3) is 0 Å². The second kappa shape index (κ2) is 8.43. The number of aryl methyl sites for hydroxylation is 1. The minimum atomic E-state index is -0.423. The van der Waals surface area contributed by atoms with Gasteiger partial charge in [0.05, 0.1) is 26.3 Å². The third-order valence-corrected chi connectivity index (χ3v) is 4.12. The lowest BCUT2D eigenvalue weighted by Crippen LogP contribution is -2.06. The molecule has 0 unspecified atom stereocenters. The lowest BCUT2D eigenvalue weighted by molar-refractivity contribution is -0.118. The molecule has 0 aliphatic heterocycles. The van der Waals surface area contributed by atoms with E-state index < -0.39 is 5.97 Å². The summed E-state index contributed by atoms with van der Waals surface area (Å²) in [5.41, 5.74) is 1.14. The van der Waals surface area contributed by atoms with Crippen LogP contribution in [0.1, 0.15) is 33.1 Å². The number of rotatable bonds is 8. The molecule has 6 heteroatoms. The zero-order valence-corrected chi connectivity index (χ0v) is 14.0. The highest BCUT2D eigenvalue weighted by atomic mass is 32.1. The Morgan fingerprint density at radius 3 is 2.87 bits per heavy atom. The van der Waals surface area contributed by atoms with Crippen LogP contribution in [-0.4, -0.2) is 30.5 Å². The zero-order chi connectivity index (χ0) is 16.7. The molecule has 0 aliphatic carbocycles. The summed E-state index contributed by atoms with van der Waals surface area (Å²) in [4.78, 5) is 27.7. The van der Waals surface area contributed by atoms with Crippen molar-refractivity contribution in [3.05, 3.63) is 45.9 Å². The van der Waals surface area contributed by atoms with Crippen molar-refractivity contribution in [1.82, 2.24) is 4.98 Å². The van der Waals surface area contributed by atoms with Gasteiger partial charge >= 0.3 is 5.97 Å². The Kier molecular flexibility index (Phi) is 6.29. The van der Waals surface area contributed by atoms with Crippen LogP contribution < -0.4 is 4.74 Å². The third-order valence-electron chi connectivity index (χ3n) is 3.15. The molecule has 0 bridgehead atoms. The number of hydrogen-bond acceptors (Lipinski definition) is 6. The first kappa shape index (κ1) is 17.1. The molecule has 0 saturated carbocycles. The lowest BCUT2D eigenvalue weighted by Gasteiger charge is -2.06. The van der Waals surface area contributed by atoms with Crippen molar-refractivity contribution in [2.24, 2.45) is 0 Å². The number of aromatic nitrogens is 1. The standard InChI is InChI=1S/C17H19NO4S/c1-12-5-3-7-14(9-12)22-8-4-6-13(19)10-16-18-11-15(23-16)17(20)21-2/h3,5,7,9,11H,4,6,8,10H2,1-2H3. The normalized spacial score (nSPS) is 10.3. The number of Topliss-reactive ketones (excluding diaryl/α,β-unsaturated/α-hetero) is 1. The van der Waals surface area contributed by atoms with Gasteiger partial charge in [0.1, 0.15) is 21.4 Å². The Bertz CT molecular complexity index is 681. The number of hydrogen-bond donors (Lipinski definition) is 0. The molecule has 0 fully saturated rings. The smallest absolute Gasteiger partial charge is 0.349 e. The van der Waals surface area contributed by atoms with Gasteiger partial charge in [-0.05, 0) is 31.0 Å². The minimum absolute atomic E-state index is 0.0867. The van der Waals surface area contributed by atoms with E-state index in [1.807, 2.05) is 31.2 Å². The molecule has 0 N–H and O–H groups in total. The monoisotopic (exact) mass is 333 g/mol. The molecule has 0 spiro atoms. The first-order chi connectivity index (χ1) is 11.1. The Labute approximate surface area is 139 Å². The molecule has 1 heterocycles. The molecule has 0 aliphatic rings. The fraction of sp³-hybridized carbons (Fsp3) is 0.353. The quantitative estimate of drug-likeness (QED) is 0.548. The summed E-state index contributed by atoms with van der Waals surface area (Å²) in [6.07, 6.45) is 2.77. The van der Waals surface area contributed by atoms with Crippen LogP contribution in [0.15, 0.2) is 30.5 Å². The van der Waals surface area contributed by atoms with Gasteiger partial charge in [-0.1, -0.05) is 12.1 Å². The maximum Gasteiger partial charge on any atom is 0.349 e. The molecule has 122 valence electrons. The molecule has 23 heavy (non-hydrogen) atoms. The average molecular weight is 333 g/mol. The van der Waals surface area contributed by atoms with Crippen LogP contribution in [0.3, 0.4) is 0 Å². The molecular weight excluding hydrogens is 314 g/mol. The predicted molar refractivity (Wildman–Crippen MR) is 88.1 cm³/mol. The van der Waals surface area contributed by atoms with E-state index in [4.69, 9.17) is 4.74 Å². The molecule has 0 atom stereocenters. The van der Waals surface area contributed by atoms with Gasteiger partial charge in [0.15, 0.2) is 0 Å². The van der Waals surface area contributed by atoms with Gasteiger partial charge in [0.25, 0.3) is 0 Å². The lowest BCUT2D eigenvalue weighted by atomic mass is 10.2. The predicted octanol–water partition coefficient (Wildman–Crippen LogP) is 3.21. The summed E-state index contributed by atoms with van der Waals surface area (Å²) in [6, 6.07) is 7.81. The Morgan fingerprint density at radius 2 is 2.13 bits per heavy atom. The van der Waals surface area contributed by atoms with E-state index in [-0.39, 0.29) is 12.2 Å². The highest BCUT2D eigenvalue weighted by Crippen LogP contribution is 2.16. The van der Waals surface area contributed by atoms with E-state index >= 15 is 0 Å². The summed E-state index contributed by atoms with van der Waals surface area (Å²) in [5.74, 6) is 0.483. The molecule has 0 radical (unpaired) electrons. The fourth-order valence-corrected chi connectivity index (χ4v) is 2.87. The van der Waals surface area contributed by atoms with E-state index in [0.29, 0.717) is 29.3 Å². The van der Waals surface area contributed by atoms with Crippen LogP contribution >= 0.6 is 11.3 Å². The van der Waals surface area contributed by atoms with E-state index in [2.05, 4.69) is 9.72 Å². The van der Waals surface area contributed by atoms with E-state index in [1.54, 1.807) is 0 Å². The van der Waals surface area contributed by atoms with Crippen LogP contribution in [0.2, 0.25) is 0 Å². The topological polar surface area (TPSA) is 65.5 Å². The van der Waals surface area contributed by atoms with Crippen molar-refractivity contribution in [3.63, 3.8) is 0 Å². The highest BCUT2D eigenvalue weighted by molar-refractivity contribution is 7.13. The molecule has 1 aromatic heterocycles. The Morgan fingerprint density at radius 1 is 1.30 bits per heavy atom. The number of thiazole rings is 1. The van der Waals surface area contributed by atoms with Gasteiger partial charge in [-0.15, -0.1) is 11.3 Å². The minimum Gasteiger partial charge on any atom is -0.494 e. The highest BCUT2D eigenvalue weighted by Gasteiger charge is 2.13. The number of carbonyl (C=O) groups is 2. The second-order valence-corrected chi connectivity index (χ2v) is 6.21. The summed E-state index contributed by atoms with van der Waals surface area (Å²) >= 11 is 1.19. The number of benzene rings is 1. The summed E-state index contributed by atoms with van der Waals surface area (Å²) in [5, 5.41) is 0.634. The number of ether oxygens (including phenoxy) is 2. The third kappa shape index (κ3) is 5.49. The number of nitrogens with zero attached hydrogens (tertiary/aromatic N) is 1. The van der Waals surface area contributed by atoms with Crippen LogP contribution in [0.5, 0.6) is 5.75 Å². The second-order valence-electron chi connectivity index (χ2n) is 5.09. The Balaban J connectivity index is 1.71. The van der Waals surface area contributed by atoms with Gasteiger partial charge in [0.2, 0.25) is 0 Å². The van der Waals surface area contributed by atoms with Crippen LogP contribution in [0, 0.1) is 6.92 Å². The summed E-state index contributed by atoms with van der Waals surface area (Å²) in [6.45, 7) is 2.51. The van der Waals surface area contributed by atoms with Crippen molar-refractivity contribution in [2.75, 3.05) is 13.7 Å². The summed E-state index contributed by atoms with van der Waals surface area (Å²) in [7, 11) is 1.32. The van der Waals surface area contributed by atoms with Crippen molar-refractivity contribution in [2.45, 2.75) is 26.2 Å². The fourth-order valence-electron chi connectivity index (χ4n) is 2.01. The first-order valence-electron chi connectivity index (χ1n) is 7.32. The van der Waals surface area contributed by atoms with Gasteiger partial charge in [0, 0.05) is 6.42 Å². The van der Waals surface area contributed by atoms with Gasteiger partial charge in [-0.3, -0.25) is 4.79 Å². The maximum absolute atomic E-state index is 11.9. The maximum atomic E-state index is 11.9. The molecule has 1 aromatic carbocycles. The number of ketones is 1. The van der Waals surface area contributed by atoms with Crippen molar-refractivity contribution < 1.29 is 19.1 Å². The van der Waals surface area contributed by atoms with Gasteiger partial charge < -0.3 is 9.47 Å². The number of methoxy groups -OCH3 is 1. The molecule has 2 rings (SSSR count). The van der Waals surface area contributed by atoms with E-state index in [9.17, 15) is 9.59 Å². The SMILES string of the molecule is COC(=O)c1cnc(CC(=O)CCCOc2cccc(C)c2)s1. The average Bonchev–Trinajstić information content (AvgIpc) is 2.99. The molecule has 0 saturated heterocycles. The number of esters is 1. The number of carbonyl (C=O) groups excluding carboxylic acids is 2. The zero-order valence-electron chi connectivity index (χ0n) is 13.2. The van der Waals surface area contributed by atoms with Gasteiger partial charge in [-0.2, -0.15) is 0 Å².